The maximum atomic E-state index is 13.1. The third-order valence-corrected chi connectivity index (χ3v) is 6.66. The molecule has 0 unspecified atom stereocenters. The Morgan fingerprint density at radius 1 is 1.18 bits per heavy atom. The number of hydrogen-bond donors (Lipinski definition) is 1. The van der Waals surface area contributed by atoms with E-state index in [1.807, 2.05) is 35.0 Å². The van der Waals surface area contributed by atoms with Crippen molar-refractivity contribution < 1.29 is 14.4 Å². The highest BCUT2D eigenvalue weighted by molar-refractivity contribution is 6.08. The van der Waals surface area contributed by atoms with Crippen LogP contribution < -0.4 is 10.6 Å². The highest BCUT2D eigenvalue weighted by atomic mass is 16.2. The van der Waals surface area contributed by atoms with E-state index in [0.29, 0.717) is 32.5 Å². The lowest BCUT2D eigenvalue weighted by Crippen LogP contribution is -2.52. The fourth-order valence-electron chi connectivity index (χ4n) is 5.19. The third kappa shape index (κ3) is 3.07. The number of nitrogens with zero attached hydrogens (tertiary/aromatic N) is 3. The van der Waals surface area contributed by atoms with Crippen LogP contribution in [-0.2, 0) is 19.8 Å². The summed E-state index contributed by atoms with van der Waals surface area (Å²) in [6, 6.07) is 7.99. The average molecular weight is 384 g/mol. The number of nitrogens with two attached hydrogens (primary N) is 1. The van der Waals surface area contributed by atoms with Gasteiger partial charge in [0.05, 0.1) is 17.9 Å². The lowest BCUT2D eigenvalue weighted by molar-refractivity contribution is -0.141. The largest absolute Gasteiger partial charge is 0.369 e. The molecule has 3 aliphatic heterocycles. The molecule has 1 aromatic rings. The van der Waals surface area contributed by atoms with E-state index in [4.69, 9.17) is 5.73 Å². The molecule has 1 atom stereocenters. The fraction of sp³-hybridized carbons (Fsp3) is 0.571. The van der Waals surface area contributed by atoms with Gasteiger partial charge in [-0.1, -0.05) is 18.2 Å². The molecular formula is C21H28N4O3. The summed E-state index contributed by atoms with van der Waals surface area (Å²) in [4.78, 5) is 43.0. The van der Waals surface area contributed by atoms with Crippen LogP contribution in [0.5, 0.6) is 0 Å². The number of carbonyl (C=O) groups is 3. The van der Waals surface area contributed by atoms with Crippen molar-refractivity contribution in [3.63, 3.8) is 0 Å². The second kappa shape index (κ2) is 7.20. The zero-order chi connectivity index (χ0) is 19.9. The second-order valence-electron chi connectivity index (χ2n) is 8.33. The molecule has 1 spiro atoms. The fourth-order valence-corrected chi connectivity index (χ4v) is 5.19. The zero-order valence-electron chi connectivity index (χ0n) is 16.4. The van der Waals surface area contributed by atoms with Crippen LogP contribution in [0.4, 0.5) is 5.69 Å². The van der Waals surface area contributed by atoms with Crippen LogP contribution in [0.15, 0.2) is 24.3 Å². The van der Waals surface area contributed by atoms with Gasteiger partial charge in [-0.2, -0.15) is 0 Å². The molecule has 3 aliphatic rings. The number of benzene rings is 1. The summed E-state index contributed by atoms with van der Waals surface area (Å²) >= 11 is 0. The summed E-state index contributed by atoms with van der Waals surface area (Å²) in [6.07, 6.45) is 3.08. The SMILES string of the molecule is CN1C(=O)C2(CCN(C(=O)[C@@H]3CCCN(CC(N)=O)C3)CC2)c2ccccc21. The molecule has 0 bridgehead atoms. The van der Waals surface area contributed by atoms with E-state index in [-0.39, 0.29) is 30.2 Å². The Labute approximate surface area is 165 Å². The molecule has 3 heterocycles. The first-order valence-corrected chi connectivity index (χ1v) is 10.1. The van der Waals surface area contributed by atoms with Crippen molar-refractivity contribution >= 4 is 23.4 Å². The van der Waals surface area contributed by atoms with Gasteiger partial charge in [-0.15, -0.1) is 0 Å². The molecule has 0 radical (unpaired) electrons. The Kier molecular flexibility index (Phi) is 4.87. The minimum atomic E-state index is -0.493. The smallest absolute Gasteiger partial charge is 0.237 e. The van der Waals surface area contributed by atoms with Crippen LogP contribution in [0.25, 0.3) is 0 Å². The quantitative estimate of drug-likeness (QED) is 0.832. The Balaban J connectivity index is 1.44. The van der Waals surface area contributed by atoms with Crippen molar-refractivity contribution in [1.82, 2.24) is 9.80 Å². The lowest BCUT2D eigenvalue weighted by atomic mass is 9.73. The van der Waals surface area contributed by atoms with Crippen molar-refractivity contribution in [1.29, 1.82) is 0 Å². The molecule has 2 fully saturated rings. The van der Waals surface area contributed by atoms with E-state index < -0.39 is 5.41 Å². The summed E-state index contributed by atoms with van der Waals surface area (Å²) in [6.45, 7) is 2.81. The average Bonchev–Trinajstić information content (AvgIpc) is 2.90. The van der Waals surface area contributed by atoms with Crippen LogP contribution in [0, 0.1) is 5.92 Å². The number of piperidine rings is 2. The van der Waals surface area contributed by atoms with Crippen molar-refractivity contribution in [2.75, 3.05) is 44.7 Å². The van der Waals surface area contributed by atoms with Crippen molar-refractivity contribution in [3.05, 3.63) is 29.8 Å². The molecule has 150 valence electrons. The number of likely N-dealkylation sites (N-methyl/N-ethyl adjacent to an activating group) is 1. The maximum absolute atomic E-state index is 13.1. The van der Waals surface area contributed by atoms with E-state index in [1.54, 1.807) is 4.90 Å². The Hall–Kier alpha value is -2.41. The number of anilines is 1. The van der Waals surface area contributed by atoms with Crippen molar-refractivity contribution in [3.8, 4) is 0 Å². The molecular weight excluding hydrogens is 356 g/mol. The molecule has 0 aromatic heterocycles. The minimum Gasteiger partial charge on any atom is -0.369 e. The molecule has 28 heavy (non-hydrogen) atoms. The molecule has 2 saturated heterocycles. The maximum Gasteiger partial charge on any atom is 0.237 e. The predicted octanol–water partition coefficient (Wildman–Crippen LogP) is 0.721. The summed E-state index contributed by atoms with van der Waals surface area (Å²) < 4.78 is 0. The molecule has 0 aliphatic carbocycles. The first-order chi connectivity index (χ1) is 13.4. The number of para-hydroxylation sites is 1. The Morgan fingerprint density at radius 2 is 1.89 bits per heavy atom. The molecule has 1 aromatic carbocycles. The molecule has 7 heteroatoms. The number of fused-ring (bicyclic) bond motifs is 2. The predicted molar refractivity (Wildman–Crippen MR) is 106 cm³/mol. The van der Waals surface area contributed by atoms with Gasteiger partial charge in [0, 0.05) is 32.4 Å². The molecule has 4 rings (SSSR count). The number of carbonyl (C=O) groups excluding carboxylic acids is 3. The molecule has 3 amide bonds. The number of rotatable bonds is 3. The second-order valence-corrected chi connectivity index (χ2v) is 8.33. The number of hydrogen-bond acceptors (Lipinski definition) is 4. The van der Waals surface area contributed by atoms with Crippen LogP contribution in [0.3, 0.4) is 0 Å². The van der Waals surface area contributed by atoms with Crippen LogP contribution in [0.2, 0.25) is 0 Å². The van der Waals surface area contributed by atoms with Crippen LogP contribution in [0.1, 0.15) is 31.2 Å². The topological polar surface area (TPSA) is 87.0 Å². The van der Waals surface area contributed by atoms with Crippen molar-refractivity contribution in [2.24, 2.45) is 11.7 Å². The lowest BCUT2D eigenvalue weighted by Gasteiger charge is -2.41. The molecule has 2 N–H and O–H groups in total. The van der Waals surface area contributed by atoms with Crippen molar-refractivity contribution in [2.45, 2.75) is 31.1 Å². The minimum absolute atomic E-state index is 0.0867. The van der Waals surface area contributed by atoms with Crippen LogP contribution in [-0.4, -0.2) is 67.3 Å². The number of likely N-dealkylation sites (tertiary alicyclic amines) is 2. The molecule has 7 nitrogen and oxygen atoms in total. The van der Waals surface area contributed by atoms with E-state index in [9.17, 15) is 14.4 Å². The van der Waals surface area contributed by atoms with Gasteiger partial charge < -0.3 is 15.5 Å². The van der Waals surface area contributed by atoms with Gasteiger partial charge in [0.25, 0.3) is 0 Å². The van der Waals surface area contributed by atoms with Gasteiger partial charge in [-0.05, 0) is 43.9 Å². The van der Waals surface area contributed by atoms with Crippen LogP contribution >= 0.6 is 0 Å². The first-order valence-electron chi connectivity index (χ1n) is 10.1. The van der Waals surface area contributed by atoms with E-state index >= 15 is 0 Å². The van der Waals surface area contributed by atoms with Gasteiger partial charge >= 0.3 is 0 Å². The summed E-state index contributed by atoms with van der Waals surface area (Å²) in [7, 11) is 1.84. The van der Waals surface area contributed by atoms with E-state index in [0.717, 1.165) is 30.6 Å². The number of primary amides is 1. The summed E-state index contributed by atoms with van der Waals surface area (Å²) in [5, 5.41) is 0. The summed E-state index contributed by atoms with van der Waals surface area (Å²) in [5.74, 6) is -0.144. The monoisotopic (exact) mass is 384 g/mol. The third-order valence-electron chi connectivity index (χ3n) is 6.66. The van der Waals surface area contributed by atoms with Gasteiger partial charge in [-0.25, -0.2) is 0 Å². The highest BCUT2D eigenvalue weighted by Gasteiger charge is 2.51. The zero-order valence-corrected chi connectivity index (χ0v) is 16.4. The molecule has 0 saturated carbocycles. The Morgan fingerprint density at radius 3 is 2.61 bits per heavy atom. The normalized spacial score (nSPS) is 24.5. The Bertz CT molecular complexity index is 801. The van der Waals surface area contributed by atoms with Gasteiger partial charge in [0.2, 0.25) is 17.7 Å². The van der Waals surface area contributed by atoms with Gasteiger partial charge in [-0.3, -0.25) is 19.3 Å². The van der Waals surface area contributed by atoms with Gasteiger partial charge in [0.1, 0.15) is 0 Å². The van der Waals surface area contributed by atoms with Gasteiger partial charge in [0.15, 0.2) is 0 Å². The standard InChI is InChI=1S/C21H28N4O3/c1-23-17-7-3-2-6-16(17)21(20(23)28)8-11-25(12-9-21)19(27)15-5-4-10-24(13-15)14-18(22)26/h2-3,6-7,15H,4-5,8-14H2,1H3,(H2,22,26)/t15-/m1/s1. The number of amides is 3. The van der Waals surface area contributed by atoms with E-state index in [2.05, 4.69) is 6.07 Å². The summed E-state index contributed by atoms with van der Waals surface area (Å²) in [5.41, 5.74) is 6.90. The first kappa shape index (κ1) is 18.9. The van der Waals surface area contributed by atoms with E-state index in [1.165, 1.54) is 0 Å². The highest BCUT2D eigenvalue weighted by Crippen LogP contribution is 2.47.